The van der Waals surface area contributed by atoms with Crippen molar-refractivity contribution in [3.8, 4) is 11.5 Å². The van der Waals surface area contributed by atoms with E-state index in [1.807, 2.05) is 31.2 Å². The van der Waals surface area contributed by atoms with Crippen molar-refractivity contribution in [1.29, 1.82) is 0 Å². The number of ether oxygens (including phenoxy) is 2. The Hall–Kier alpha value is -1.26. The van der Waals surface area contributed by atoms with Gasteiger partial charge in [-0.15, -0.1) is 0 Å². The van der Waals surface area contributed by atoms with Gasteiger partial charge in [-0.3, -0.25) is 4.90 Å². The Morgan fingerprint density at radius 1 is 1.22 bits per heavy atom. The first-order valence-corrected chi connectivity index (χ1v) is 6.57. The molecule has 0 aromatic heterocycles. The summed E-state index contributed by atoms with van der Waals surface area (Å²) in [6.45, 7) is 6.45. The van der Waals surface area contributed by atoms with Crippen molar-refractivity contribution >= 4 is 0 Å². The molecule has 0 atom stereocenters. The van der Waals surface area contributed by atoms with Crippen molar-refractivity contribution in [3.63, 3.8) is 0 Å². The maximum atomic E-state index is 5.79. The Kier molecular flexibility index (Phi) is 4.84. The molecule has 0 bridgehead atoms. The molecule has 0 unspecified atom stereocenters. The summed E-state index contributed by atoms with van der Waals surface area (Å²) in [6, 6.07) is 8.49. The van der Waals surface area contributed by atoms with Gasteiger partial charge in [0.25, 0.3) is 0 Å². The lowest BCUT2D eigenvalue weighted by atomic mass is 10.1. The van der Waals surface area contributed by atoms with Gasteiger partial charge in [-0.25, -0.2) is 0 Å². The van der Waals surface area contributed by atoms with E-state index in [0.717, 1.165) is 31.1 Å². The molecule has 1 aliphatic heterocycles. The van der Waals surface area contributed by atoms with Crippen LogP contribution in [-0.4, -0.2) is 50.8 Å². The SMILES string of the molecule is CCOc1ccccc1OCCN(C)C1CNC1. The average Bonchev–Trinajstić information content (AvgIpc) is 2.29. The zero-order chi connectivity index (χ0) is 12.8. The first kappa shape index (κ1) is 13.2. The van der Waals surface area contributed by atoms with Gasteiger partial charge in [0.05, 0.1) is 6.61 Å². The number of benzene rings is 1. The average molecular weight is 250 g/mol. The molecule has 1 N–H and O–H groups in total. The predicted octanol–water partition coefficient (Wildman–Crippen LogP) is 1.37. The number of nitrogens with zero attached hydrogens (tertiary/aromatic N) is 1. The summed E-state index contributed by atoms with van der Waals surface area (Å²) in [5.41, 5.74) is 0. The molecule has 0 aliphatic carbocycles. The van der Waals surface area contributed by atoms with E-state index >= 15 is 0 Å². The molecule has 1 aliphatic rings. The van der Waals surface area contributed by atoms with Gasteiger partial charge in [-0.1, -0.05) is 12.1 Å². The van der Waals surface area contributed by atoms with Crippen molar-refractivity contribution in [2.75, 3.05) is 39.9 Å². The van der Waals surface area contributed by atoms with E-state index in [1.165, 1.54) is 0 Å². The van der Waals surface area contributed by atoms with E-state index in [-0.39, 0.29) is 0 Å². The number of hydrogen-bond donors (Lipinski definition) is 1. The quantitative estimate of drug-likeness (QED) is 0.792. The number of likely N-dealkylation sites (N-methyl/N-ethyl adjacent to an activating group) is 1. The summed E-state index contributed by atoms with van der Waals surface area (Å²) in [5.74, 6) is 1.66. The Balaban J connectivity index is 1.78. The molecule has 1 saturated heterocycles. The second kappa shape index (κ2) is 6.61. The molecular formula is C14H22N2O2. The minimum atomic E-state index is 0.661. The van der Waals surface area contributed by atoms with Crippen LogP contribution in [0.2, 0.25) is 0 Å². The van der Waals surface area contributed by atoms with E-state index in [4.69, 9.17) is 9.47 Å². The third-order valence-corrected chi connectivity index (χ3v) is 3.23. The van der Waals surface area contributed by atoms with Gasteiger partial charge in [0.1, 0.15) is 6.61 Å². The molecule has 4 heteroatoms. The molecule has 100 valence electrons. The van der Waals surface area contributed by atoms with Crippen LogP contribution in [0.5, 0.6) is 11.5 Å². The van der Waals surface area contributed by atoms with Gasteiger partial charge in [-0.2, -0.15) is 0 Å². The highest BCUT2D eigenvalue weighted by atomic mass is 16.5. The van der Waals surface area contributed by atoms with Crippen LogP contribution in [0.3, 0.4) is 0 Å². The summed E-state index contributed by atoms with van der Waals surface area (Å²) in [7, 11) is 2.14. The van der Waals surface area contributed by atoms with Crippen LogP contribution in [0.1, 0.15) is 6.92 Å². The monoisotopic (exact) mass is 250 g/mol. The Labute approximate surface area is 109 Å². The fourth-order valence-electron chi connectivity index (χ4n) is 1.91. The molecule has 0 radical (unpaired) electrons. The minimum Gasteiger partial charge on any atom is -0.490 e. The molecule has 0 spiro atoms. The van der Waals surface area contributed by atoms with E-state index in [9.17, 15) is 0 Å². The molecule has 2 rings (SSSR count). The third kappa shape index (κ3) is 3.37. The minimum absolute atomic E-state index is 0.661. The van der Waals surface area contributed by atoms with Crippen LogP contribution < -0.4 is 14.8 Å². The summed E-state index contributed by atoms with van der Waals surface area (Å²) < 4.78 is 11.3. The third-order valence-electron chi connectivity index (χ3n) is 3.23. The van der Waals surface area contributed by atoms with Crippen LogP contribution in [0, 0.1) is 0 Å². The molecule has 1 heterocycles. The van der Waals surface area contributed by atoms with Crippen molar-refractivity contribution in [1.82, 2.24) is 10.2 Å². The summed E-state index contributed by atoms with van der Waals surface area (Å²) in [6.07, 6.45) is 0. The maximum Gasteiger partial charge on any atom is 0.161 e. The number of rotatable bonds is 7. The lowest BCUT2D eigenvalue weighted by Gasteiger charge is -2.35. The van der Waals surface area contributed by atoms with Gasteiger partial charge >= 0.3 is 0 Å². The molecule has 4 nitrogen and oxygen atoms in total. The van der Waals surface area contributed by atoms with Crippen molar-refractivity contribution in [3.05, 3.63) is 24.3 Å². The van der Waals surface area contributed by atoms with Gasteiger partial charge in [0, 0.05) is 25.7 Å². The van der Waals surface area contributed by atoms with Crippen LogP contribution in [0.15, 0.2) is 24.3 Å². The lowest BCUT2D eigenvalue weighted by molar-refractivity contribution is 0.149. The lowest BCUT2D eigenvalue weighted by Crippen LogP contribution is -2.56. The van der Waals surface area contributed by atoms with Gasteiger partial charge in [0.2, 0.25) is 0 Å². The topological polar surface area (TPSA) is 33.7 Å². The van der Waals surface area contributed by atoms with Crippen molar-refractivity contribution < 1.29 is 9.47 Å². The zero-order valence-corrected chi connectivity index (χ0v) is 11.2. The van der Waals surface area contributed by atoms with E-state index in [0.29, 0.717) is 19.3 Å². The fourth-order valence-corrected chi connectivity index (χ4v) is 1.91. The molecular weight excluding hydrogens is 228 g/mol. The van der Waals surface area contributed by atoms with Gasteiger partial charge < -0.3 is 14.8 Å². The van der Waals surface area contributed by atoms with E-state index < -0.39 is 0 Å². The largest absolute Gasteiger partial charge is 0.490 e. The number of hydrogen-bond acceptors (Lipinski definition) is 4. The normalized spacial score (nSPS) is 15.5. The predicted molar refractivity (Wildman–Crippen MR) is 72.4 cm³/mol. The molecule has 1 aromatic carbocycles. The Morgan fingerprint density at radius 3 is 2.44 bits per heavy atom. The number of para-hydroxylation sites is 2. The second-order valence-corrected chi connectivity index (χ2v) is 4.52. The van der Waals surface area contributed by atoms with Gasteiger partial charge in [0.15, 0.2) is 11.5 Å². The van der Waals surface area contributed by atoms with Gasteiger partial charge in [-0.05, 0) is 26.1 Å². The highest BCUT2D eigenvalue weighted by Crippen LogP contribution is 2.26. The van der Waals surface area contributed by atoms with Crippen LogP contribution in [0.25, 0.3) is 0 Å². The zero-order valence-electron chi connectivity index (χ0n) is 11.2. The summed E-state index contributed by atoms with van der Waals surface area (Å²) >= 11 is 0. The smallest absolute Gasteiger partial charge is 0.161 e. The van der Waals surface area contributed by atoms with Crippen LogP contribution in [-0.2, 0) is 0 Å². The summed E-state index contributed by atoms with van der Waals surface area (Å²) in [5, 5.41) is 3.27. The fraction of sp³-hybridized carbons (Fsp3) is 0.571. The standard InChI is InChI=1S/C14H22N2O2/c1-3-17-13-6-4-5-7-14(13)18-9-8-16(2)12-10-15-11-12/h4-7,12,15H,3,8-11H2,1-2H3. The van der Waals surface area contributed by atoms with Crippen LogP contribution >= 0.6 is 0 Å². The molecule has 0 amide bonds. The van der Waals surface area contributed by atoms with E-state index in [1.54, 1.807) is 0 Å². The second-order valence-electron chi connectivity index (χ2n) is 4.52. The maximum absolute atomic E-state index is 5.79. The highest BCUT2D eigenvalue weighted by Gasteiger charge is 2.20. The first-order chi connectivity index (χ1) is 8.81. The Bertz CT molecular complexity index is 367. The molecule has 0 saturated carbocycles. The highest BCUT2D eigenvalue weighted by molar-refractivity contribution is 5.39. The van der Waals surface area contributed by atoms with E-state index in [2.05, 4.69) is 17.3 Å². The van der Waals surface area contributed by atoms with Crippen molar-refractivity contribution in [2.24, 2.45) is 0 Å². The molecule has 1 aromatic rings. The van der Waals surface area contributed by atoms with Crippen LogP contribution in [0.4, 0.5) is 0 Å². The number of nitrogens with one attached hydrogen (secondary N) is 1. The molecule has 1 fully saturated rings. The Morgan fingerprint density at radius 2 is 1.89 bits per heavy atom. The first-order valence-electron chi connectivity index (χ1n) is 6.57. The summed E-state index contributed by atoms with van der Waals surface area (Å²) in [4.78, 5) is 2.33. The molecule has 18 heavy (non-hydrogen) atoms. The van der Waals surface area contributed by atoms with Crippen molar-refractivity contribution in [2.45, 2.75) is 13.0 Å².